The van der Waals surface area contributed by atoms with Gasteiger partial charge < -0.3 is 14.2 Å². The van der Waals surface area contributed by atoms with E-state index in [0.29, 0.717) is 17.9 Å². The van der Waals surface area contributed by atoms with E-state index in [0.717, 1.165) is 30.0 Å². The lowest BCUT2D eigenvalue weighted by Crippen LogP contribution is -2.26. The van der Waals surface area contributed by atoms with Gasteiger partial charge in [-0.05, 0) is 48.2 Å². The van der Waals surface area contributed by atoms with Gasteiger partial charge in [0, 0.05) is 18.6 Å². The molecule has 0 amide bonds. The first kappa shape index (κ1) is 17.9. The summed E-state index contributed by atoms with van der Waals surface area (Å²) in [6, 6.07) is 13.4. The zero-order valence-corrected chi connectivity index (χ0v) is 15.1. The van der Waals surface area contributed by atoms with E-state index in [4.69, 9.17) is 14.2 Å². The average Bonchev–Trinajstić information content (AvgIpc) is 3.01. The van der Waals surface area contributed by atoms with Gasteiger partial charge in [0.05, 0.1) is 12.5 Å². The number of esters is 1. The number of benzene rings is 2. The van der Waals surface area contributed by atoms with Crippen LogP contribution in [-0.2, 0) is 19.1 Å². The highest BCUT2D eigenvalue weighted by Crippen LogP contribution is 2.26. The molecular weight excluding hydrogens is 344 g/mol. The van der Waals surface area contributed by atoms with Crippen molar-refractivity contribution >= 4 is 22.5 Å². The van der Waals surface area contributed by atoms with Crippen LogP contribution in [0, 0.1) is 0 Å². The molecule has 0 radical (unpaired) electrons. The van der Waals surface area contributed by atoms with Crippen LogP contribution in [-0.4, -0.2) is 30.8 Å². The molecular formula is C22H22O5. The maximum Gasteiger partial charge on any atom is 0.315 e. The van der Waals surface area contributed by atoms with Crippen molar-refractivity contribution in [3.63, 3.8) is 0 Å². The van der Waals surface area contributed by atoms with Crippen molar-refractivity contribution in [2.75, 3.05) is 6.61 Å². The van der Waals surface area contributed by atoms with Gasteiger partial charge in [0.25, 0.3) is 0 Å². The normalized spacial score (nSPS) is 22.7. The molecule has 2 aromatic rings. The SMILES string of the molecule is O=C(CC1=C[C@@H](OC2CCCCO2)CC1=O)Oc1ccc2ccccc2c1. The topological polar surface area (TPSA) is 61.8 Å². The van der Waals surface area contributed by atoms with Gasteiger partial charge in [-0.2, -0.15) is 0 Å². The number of ether oxygens (including phenoxy) is 3. The molecule has 0 N–H and O–H groups in total. The summed E-state index contributed by atoms with van der Waals surface area (Å²) in [7, 11) is 0. The number of ketones is 1. The monoisotopic (exact) mass is 366 g/mol. The summed E-state index contributed by atoms with van der Waals surface area (Å²) < 4.78 is 16.8. The number of carbonyl (C=O) groups is 2. The summed E-state index contributed by atoms with van der Waals surface area (Å²) in [5.74, 6) is -0.0288. The first-order chi connectivity index (χ1) is 13.2. The Labute approximate surface area is 157 Å². The van der Waals surface area contributed by atoms with Crippen LogP contribution in [0.5, 0.6) is 5.75 Å². The molecule has 1 aliphatic heterocycles. The van der Waals surface area contributed by atoms with Crippen molar-refractivity contribution < 1.29 is 23.8 Å². The van der Waals surface area contributed by atoms with Crippen LogP contribution in [0.3, 0.4) is 0 Å². The highest BCUT2D eigenvalue weighted by molar-refractivity contribution is 6.02. The number of hydrogen-bond donors (Lipinski definition) is 0. The fourth-order valence-electron chi connectivity index (χ4n) is 3.50. The molecule has 5 nitrogen and oxygen atoms in total. The number of fused-ring (bicyclic) bond motifs is 1. The Morgan fingerprint density at radius 3 is 2.78 bits per heavy atom. The lowest BCUT2D eigenvalue weighted by atomic mass is 10.1. The molecule has 140 valence electrons. The fourth-order valence-corrected chi connectivity index (χ4v) is 3.50. The van der Waals surface area contributed by atoms with Crippen LogP contribution in [0.1, 0.15) is 32.1 Å². The minimum Gasteiger partial charge on any atom is -0.426 e. The van der Waals surface area contributed by atoms with Crippen molar-refractivity contribution in [1.82, 2.24) is 0 Å². The Morgan fingerprint density at radius 1 is 1.11 bits per heavy atom. The standard InChI is InChI=1S/C22H22O5/c23-20-14-19(27-22-7-3-4-10-25-22)12-17(20)13-21(24)26-18-9-8-15-5-1-2-6-16(15)11-18/h1-2,5-6,8-9,11-12,19,22H,3-4,7,10,13-14H2/t19-,22?/m1/s1. The first-order valence-corrected chi connectivity index (χ1v) is 9.38. The van der Waals surface area contributed by atoms with Gasteiger partial charge in [0.15, 0.2) is 12.1 Å². The Bertz CT molecular complexity index is 879. The number of hydrogen-bond acceptors (Lipinski definition) is 5. The largest absolute Gasteiger partial charge is 0.426 e. The van der Waals surface area contributed by atoms with Crippen LogP contribution in [0.4, 0.5) is 0 Å². The van der Waals surface area contributed by atoms with Gasteiger partial charge >= 0.3 is 5.97 Å². The Balaban J connectivity index is 1.36. The highest BCUT2D eigenvalue weighted by Gasteiger charge is 2.29. The second-order valence-corrected chi connectivity index (χ2v) is 6.95. The second-order valence-electron chi connectivity index (χ2n) is 6.95. The van der Waals surface area contributed by atoms with Crippen molar-refractivity contribution in [2.45, 2.75) is 44.5 Å². The molecule has 5 heteroatoms. The summed E-state index contributed by atoms with van der Waals surface area (Å²) in [5.41, 5.74) is 0.460. The fraction of sp³-hybridized carbons (Fsp3) is 0.364. The van der Waals surface area contributed by atoms with E-state index in [9.17, 15) is 9.59 Å². The summed E-state index contributed by atoms with van der Waals surface area (Å²) in [4.78, 5) is 24.5. The molecule has 2 atom stereocenters. The minimum absolute atomic E-state index is 0.0446. The molecule has 0 bridgehead atoms. The van der Waals surface area contributed by atoms with Gasteiger partial charge in [-0.3, -0.25) is 9.59 Å². The molecule has 4 rings (SSSR count). The molecule has 2 aromatic carbocycles. The summed E-state index contributed by atoms with van der Waals surface area (Å²) >= 11 is 0. The van der Waals surface area contributed by atoms with Gasteiger partial charge in [-0.1, -0.05) is 30.3 Å². The van der Waals surface area contributed by atoms with E-state index in [-0.39, 0.29) is 31.0 Å². The zero-order valence-electron chi connectivity index (χ0n) is 15.1. The quantitative estimate of drug-likeness (QED) is 0.592. The van der Waals surface area contributed by atoms with E-state index in [2.05, 4.69) is 0 Å². The van der Waals surface area contributed by atoms with E-state index in [1.54, 1.807) is 12.1 Å². The summed E-state index contributed by atoms with van der Waals surface area (Å²) in [6.45, 7) is 0.694. The second kappa shape index (κ2) is 8.03. The van der Waals surface area contributed by atoms with Crippen molar-refractivity contribution in [1.29, 1.82) is 0 Å². The maximum atomic E-state index is 12.3. The third kappa shape index (κ3) is 4.43. The molecule has 0 aromatic heterocycles. The van der Waals surface area contributed by atoms with Crippen LogP contribution in [0.25, 0.3) is 10.8 Å². The van der Waals surface area contributed by atoms with Gasteiger partial charge in [-0.25, -0.2) is 0 Å². The van der Waals surface area contributed by atoms with Crippen LogP contribution in [0.2, 0.25) is 0 Å². The Morgan fingerprint density at radius 2 is 1.96 bits per heavy atom. The maximum absolute atomic E-state index is 12.3. The van der Waals surface area contributed by atoms with Crippen LogP contribution >= 0.6 is 0 Å². The number of carbonyl (C=O) groups excluding carboxylic acids is 2. The van der Waals surface area contributed by atoms with E-state index >= 15 is 0 Å². The van der Waals surface area contributed by atoms with E-state index in [1.807, 2.05) is 36.4 Å². The molecule has 0 saturated carbocycles. The van der Waals surface area contributed by atoms with Crippen LogP contribution in [0.15, 0.2) is 54.1 Å². The van der Waals surface area contributed by atoms with Crippen LogP contribution < -0.4 is 4.74 Å². The van der Waals surface area contributed by atoms with Gasteiger partial charge in [0.1, 0.15) is 5.75 Å². The van der Waals surface area contributed by atoms with Crippen molar-refractivity contribution in [2.24, 2.45) is 0 Å². The summed E-state index contributed by atoms with van der Waals surface area (Å²) in [5, 5.41) is 2.08. The highest BCUT2D eigenvalue weighted by atomic mass is 16.7. The Kier molecular flexibility index (Phi) is 5.32. The molecule has 1 heterocycles. The third-order valence-corrected chi connectivity index (χ3v) is 4.88. The molecule has 1 unspecified atom stereocenters. The van der Waals surface area contributed by atoms with Gasteiger partial charge in [-0.15, -0.1) is 0 Å². The molecule has 2 aliphatic rings. The molecule has 27 heavy (non-hydrogen) atoms. The molecule has 1 fully saturated rings. The van der Waals surface area contributed by atoms with Crippen molar-refractivity contribution in [3.8, 4) is 5.75 Å². The number of Topliss-reactive ketones (excluding diaryl/α,β-unsaturated/α-hetero) is 1. The summed E-state index contributed by atoms with van der Waals surface area (Å²) in [6.07, 6.45) is 4.35. The average molecular weight is 366 g/mol. The molecule has 1 saturated heterocycles. The van der Waals surface area contributed by atoms with Crippen molar-refractivity contribution in [3.05, 3.63) is 54.1 Å². The number of rotatable bonds is 5. The lowest BCUT2D eigenvalue weighted by molar-refractivity contribution is -0.178. The van der Waals surface area contributed by atoms with E-state index < -0.39 is 5.97 Å². The molecule has 1 aliphatic carbocycles. The smallest absolute Gasteiger partial charge is 0.315 e. The third-order valence-electron chi connectivity index (χ3n) is 4.88. The molecule has 0 spiro atoms. The Hall–Kier alpha value is -2.50. The minimum atomic E-state index is -0.445. The zero-order chi connectivity index (χ0) is 18.6. The van der Waals surface area contributed by atoms with Gasteiger partial charge in [0.2, 0.25) is 0 Å². The predicted molar refractivity (Wildman–Crippen MR) is 100 cm³/mol. The lowest BCUT2D eigenvalue weighted by Gasteiger charge is -2.24. The predicted octanol–water partition coefficient (Wildman–Crippen LogP) is 3.95. The first-order valence-electron chi connectivity index (χ1n) is 9.38. The van der Waals surface area contributed by atoms with E-state index in [1.165, 1.54) is 0 Å².